The van der Waals surface area contributed by atoms with Crippen molar-refractivity contribution in [1.82, 2.24) is 9.29 Å². The molecule has 0 unspecified atom stereocenters. The summed E-state index contributed by atoms with van der Waals surface area (Å²) in [6.07, 6.45) is 0. The fourth-order valence-corrected chi connectivity index (χ4v) is 4.10. The SMILES string of the molecule is Cc1ncsc1CN(C)S(=O)(=O)c1cc(F)ccc1CO. The van der Waals surface area contributed by atoms with Crippen LogP contribution in [0.3, 0.4) is 0 Å². The molecule has 21 heavy (non-hydrogen) atoms. The van der Waals surface area contributed by atoms with E-state index in [2.05, 4.69) is 4.98 Å². The molecule has 1 aromatic heterocycles. The highest BCUT2D eigenvalue weighted by Crippen LogP contribution is 2.24. The van der Waals surface area contributed by atoms with Crippen LogP contribution in [0.15, 0.2) is 28.6 Å². The van der Waals surface area contributed by atoms with E-state index in [1.54, 1.807) is 12.4 Å². The molecule has 0 aliphatic rings. The highest BCUT2D eigenvalue weighted by Gasteiger charge is 2.25. The van der Waals surface area contributed by atoms with Gasteiger partial charge in [0.25, 0.3) is 0 Å². The number of aryl methyl sites for hydroxylation is 1. The van der Waals surface area contributed by atoms with Crippen LogP contribution in [0.5, 0.6) is 0 Å². The van der Waals surface area contributed by atoms with Gasteiger partial charge in [0.15, 0.2) is 0 Å². The van der Waals surface area contributed by atoms with E-state index in [-0.39, 0.29) is 17.0 Å². The van der Waals surface area contributed by atoms with Crippen molar-refractivity contribution < 1.29 is 17.9 Å². The van der Waals surface area contributed by atoms with Gasteiger partial charge in [0.05, 0.1) is 22.7 Å². The Balaban J connectivity index is 2.37. The van der Waals surface area contributed by atoms with Crippen LogP contribution in [0.1, 0.15) is 16.1 Å². The first-order valence-electron chi connectivity index (χ1n) is 6.11. The second-order valence-electron chi connectivity index (χ2n) is 4.53. The minimum atomic E-state index is -3.88. The molecular weight excluding hydrogens is 315 g/mol. The highest BCUT2D eigenvalue weighted by atomic mass is 32.2. The Hall–Kier alpha value is -1.35. The summed E-state index contributed by atoms with van der Waals surface area (Å²) in [5.74, 6) is -0.659. The number of rotatable bonds is 5. The number of hydrogen-bond donors (Lipinski definition) is 1. The van der Waals surface area contributed by atoms with Gasteiger partial charge in [0.2, 0.25) is 10.0 Å². The molecule has 0 fully saturated rings. The lowest BCUT2D eigenvalue weighted by Gasteiger charge is -2.18. The Morgan fingerprint density at radius 2 is 2.14 bits per heavy atom. The van der Waals surface area contributed by atoms with Crippen molar-refractivity contribution in [1.29, 1.82) is 0 Å². The van der Waals surface area contributed by atoms with Gasteiger partial charge < -0.3 is 5.11 Å². The van der Waals surface area contributed by atoms with E-state index in [1.807, 2.05) is 0 Å². The molecule has 2 rings (SSSR count). The van der Waals surface area contributed by atoms with Crippen molar-refractivity contribution in [3.05, 3.63) is 45.7 Å². The number of sulfonamides is 1. The third-order valence-electron chi connectivity index (χ3n) is 3.10. The van der Waals surface area contributed by atoms with Crippen LogP contribution in [0.2, 0.25) is 0 Å². The standard InChI is InChI=1S/C13H15FN2O3S2/c1-9-12(20-8-15-9)6-16(2)21(18,19)13-5-11(14)4-3-10(13)7-17/h3-5,8,17H,6-7H2,1-2H3. The topological polar surface area (TPSA) is 70.5 Å². The maximum atomic E-state index is 13.3. The van der Waals surface area contributed by atoms with Crippen LogP contribution in [0, 0.1) is 12.7 Å². The van der Waals surface area contributed by atoms with Gasteiger partial charge in [-0.15, -0.1) is 11.3 Å². The van der Waals surface area contributed by atoms with E-state index in [0.717, 1.165) is 27.0 Å². The number of thiazole rings is 1. The van der Waals surface area contributed by atoms with Gasteiger partial charge in [0.1, 0.15) is 5.82 Å². The summed E-state index contributed by atoms with van der Waals surface area (Å²) in [6, 6.07) is 3.32. The predicted molar refractivity (Wildman–Crippen MR) is 77.8 cm³/mol. The lowest BCUT2D eigenvalue weighted by Crippen LogP contribution is -2.27. The third kappa shape index (κ3) is 3.29. The second kappa shape index (κ2) is 6.18. The third-order valence-corrected chi connectivity index (χ3v) is 5.90. The molecule has 0 saturated heterocycles. The molecule has 8 heteroatoms. The minimum absolute atomic E-state index is 0.153. The van der Waals surface area contributed by atoms with E-state index < -0.39 is 22.4 Å². The summed E-state index contributed by atoms with van der Waals surface area (Å²) in [5, 5.41) is 9.24. The van der Waals surface area contributed by atoms with Gasteiger partial charge in [0, 0.05) is 18.5 Å². The van der Waals surface area contributed by atoms with Crippen molar-refractivity contribution in [3.63, 3.8) is 0 Å². The number of benzene rings is 1. The van der Waals surface area contributed by atoms with E-state index >= 15 is 0 Å². The number of nitrogens with zero attached hydrogens (tertiary/aromatic N) is 2. The first-order valence-corrected chi connectivity index (χ1v) is 8.43. The first-order chi connectivity index (χ1) is 9.86. The Labute approximate surface area is 126 Å². The van der Waals surface area contributed by atoms with Crippen LogP contribution in [-0.2, 0) is 23.2 Å². The molecule has 114 valence electrons. The molecule has 2 aromatic rings. The second-order valence-corrected chi connectivity index (χ2v) is 7.48. The molecule has 0 radical (unpaired) electrons. The minimum Gasteiger partial charge on any atom is -0.392 e. The number of hydrogen-bond acceptors (Lipinski definition) is 5. The first kappa shape index (κ1) is 16.0. The molecule has 0 saturated carbocycles. The molecule has 0 amide bonds. The van der Waals surface area contributed by atoms with Crippen LogP contribution < -0.4 is 0 Å². The zero-order valence-corrected chi connectivity index (χ0v) is 13.2. The normalized spacial score (nSPS) is 12.0. The highest BCUT2D eigenvalue weighted by molar-refractivity contribution is 7.89. The molecule has 1 N–H and O–H groups in total. The Morgan fingerprint density at radius 3 is 2.71 bits per heavy atom. The lowest BCUT2D eigenvalue weighted by molar-refractivity contribution is 0.278. The molecule has 0 bridgehead atoms. The van der Waals surface area contributed by atoms with Crippen molar-refractivity contribution in [2.45, 2.75) is 25.0 Å². The number of aliphatic hydroxyl groups is 1. The summed E-state index contributed by atoms with van der Waals surface area (Å²) in [6.45, 7) is 1.48. The van der Waals surface area contributed by atoms with E-state index in [0.29, 0.717) is 0 Å². The summed E-state index contributed by atoms with van der Waals surface area (Å²) in [5.41, 5.74) is 2.58. The largest absolute Gasteiger partial charge is 0.392 e. The van der Waals surface area contributed by atoms with Gasteiger partial charge >= 0.3 is 0 Å². The lowest BCUT2D eigenvalue weighted by atomic mass is 10.2. The smallest absolute Gasteiger partial charge is 0.243 e. The molecule has 0 atom stereocenters. The van der Waals surface area contributed by atoms with Crippen LogP contribution >= 0.6 is 11.3 Å². The fraction of sp³-hybridized carbons (Fsp3) is 0.308. The number of halogens is 1. The van der Waals surface area contributed by atoms with Gasteiger partial charge in [-0.05, 0) is 24.6 Å². The average Bonchev–Trinajstić information content (AvgIpc) is 2.84. The zero-order chi connectivity index (χ0) is 15.6. The van der Waals surface area contributed by atoms with Crippen molar-refractivity contribution in [3.8, 4) is 0 Å². The maximum absolute atomic E-state index is 13.3. The van der Waals surface area contributed by atoms with Gasteiger partial charge in [-0.25, -0.2) is 17.8 Å². The van der Waals surface area contributed by atoms with E-state index in [9.17, 15) is 17.9 Å². The molecule has 1 heterocycles. The van der Waals surface area contributed by atoms with Crippen LogP contribution in [-0.4, -0.2) is 29.9 Å². The summed E-state index contributed by atoms with van der Waals surface area (Å²) < 4.78 is 39.5. The van der Waals surface area contributed by atoms with E-state index in [1.165, 1.54) is 24.5 Å². The number of aromatic nitrogens is 1. The van der Waals surface area contributed by atoms with Crippen molar-refractivity contribution in [2.24, 2.45) is 0 Å². The maximum Gasteiger partial charge on any atom is 0.243 e. The zero-order valence-electron chi connectivity index (χ0n) is 11.6. The Morgan fingerprint density at radius 1 is 1.43 bits per heavy atom. The summed E-state index contributed by atoms with van der Waals surface area (Å²) in [7, 11) is -2.47. The summed E-state index contributed by atoms with van der Waals surface area (Å²) in [4.78, 5) is 4.68. The van der Waals surface area contributed by atoms with E-state index in [4.69, 9.17) is 0 Å². The Kier molecular flexibility index (Phi) is 4.72. The van der Waals surface area contributed by atoms with Gasteiger partial charge in [-0.1, -0.05) is 6.07 Å². The quantitative estimate of drug-likeness (QED) is 0.909. The molecule has 1 aromatic carbocycles. The molecule has 5 nitrogen and oxygen atoms in total. The molecule has 0 aliphatic heterocycles. The van der Waals surface area contributed by atoms with Crippen molar-refractivity contribution >= 4 is 21.4 Å². The molecular formula is C13H15FN2O3S2. The van der Waals surface area contributed by atoms with Crippen molar-refractivity contribution in [2.75, 3.05) is 7.05 Å². The van der Waals surface area contributed by atoms with Crippen LogP contribution in [0.25, 0.3) is 0 Å². The number of aliphatic hydroxyl groups excluding tert-OH is 1. The molecule has 0 spiro atoms. The fourth-order valence-electron chi connectivity index (χ4n) is 1.83. The van der Waals surface area contributed by atoms with Crippen LogP contribution in [0.4, 0.5) is 4.39 Å². The molecule has 0 aliphatic carbocycles. The van der Waals surface area contributed by atoms with Gasteiger partial charge in [-0.2, -0.15) is 4.31 Å². The van der Waals surface area contributed by atoms with Gasteiger partial charge in [-0.3, -0.25) is 0 Å². The monoisotopic (exact) mass is 330 g/mol. The predicted octanol–water partition coefficient (Wildman–Crippen LogP) is 1.90. The average molecular weight is 330 g/mol. The Bertz CT molecular complexity index is 744. The summed E-state index contributed by atoms with van der Waals surface area (Å²) >= 11 is 1.36.